The predicted octanol–water partition coefficient (Wildman–Crippen LogP) is 1.32. The van der Waals surface area contributed by atoms with E-state index in [9.17, 15) is 0 Å². The van der Waals surface area contributed by atoms with Gasteiger partial charge in [-0.05, 0) is 25.4 Å². The standard InChI is InChI=1S/C8H17NOS/c1-3-9-5-7-4-8(7)11-6-10-2/h7-9H,3-6H2,1-2H3/t7-,8?/m1/s1. The topological polar surface area (TPSA) is 21.3 Å². The van der Waals surface area contributed by atoms with Gasteiger partial charge in [-0.25, -0.2) is 0 Å². The van der Waals surface area contributed by atoms with Crippen molar-refractivity contribution in [3.05, 3.63) is 0 Å². The molecule has 0 aromatic rings. The number of thioether (sulfide) groups is 1. The van der Waals surface area contributed by atoms with Crippen molar-refractivity contribution in [1.29, 1.82) is 0 Å². The highest BCUT2D eigenvalue weighted by Crippen LogP contribution is 2.40. The molecule has 0 radical (unpaired) electrons. The molecule has 0 aromatic heterocycles. The molecule has 11 heavy (non-hydrogen) atoms. The molecule has 0 aliphatic heterocycles. The smallest absolute Gasteiger partial charge is 0.0919 e. The van der Waals surface area contributed by atoms with E-state index in [-0.39, 0.29) is 0 Å². The van der Waals surface area contributed by atoms with Crippen molar-refractivity contribution in [3.63, 3.8) is 0 Å². The van der Waals surface area contributed by atoms with E-state index in [1.165, 1.54) is 13.0 Å². The lowest BCUT2D eigenvalue weighted by molar-refractivity contribution is 0.258. The Morgan fingerprint density at radius 3 is 3.09 bits per heavy atom. The van der Waals surface area contributed by atoms with Crippen LogP contribution in [0.2, 0.25) is 0 Å². The van der Waals surface area contributed by atoms with E-state index in [2.05, 4.69) is 12.2 Å². The van der Waals surface area contributed by atoms with Crippen molar-refractivity contribution in [3.8, 4) is 0 Å². The molecule has 1 saturated carbocycles. The summed E-state index contributed by atoms with van der Waals surface area (Å²) in [6.07, 6.45) is 1.38. The van der Waals surface area contributed by atoms with Gasteiger partial charge in [0.25, 0.3) is 0 Å². The molecule has 2 atom stereocenters. The van der Waals surface area contributed by atoms with Gasteiger partial charge in [0.2, 0.25) is 0 Å². The van der Waals surface area contributed by atoms with E-state index in [1.807, 2.05) is 11.8 Å². The Bertz CT molecular complexity index is 98.3. The van der Waals surface area contributed by atoms with Gasteiger partial charge in [0.1, 0.15) is 0 Å². The van der Waals surface area contributed by atoms with Gasteiger partial charge in [0.05, 0.1) is 5.94 Å². The van der Waals surface area contributed by atoms with Gasteiger partial charge in [-0.1, -0.05) is 6.92 Å². The first kappa shape index (κ1) is 9.36. The van der Waals surface area contributed by atoms with Gasteiger partial charge in [-0.15, -0.1) is 11.8 Å². The molecule has 0 saturated heterocycles. The maximum absolute atomic E-state index is 4.99. The van der Waals surface area contributed by atoms with Crippen LogP contribution in [0.3, 0.4) is 0 Å². The van der Waals surface area contributed by atoms with Crippen LogP contribution in [0.25, 0.3) is 0 Å². The van der Waals surface area contributed by atoms with Crippen molar-refractivity contribution >= 4 is 11.8 Å². The zero-order chi connectivity index (χ0) is 8.10. The highest BCUT2D eigenvalue weighted by Gasteiger charge is 2.36. The number of hydrogen-bond donors (Lipinski definition) is 1. The lowest BCUT2D eigenvalue weighted by Crippen LogP contribution is -2.16. The van der Waals surface area contributed by atoms with Crippen molar-refractivity contribution in [2.45, 2.75) is 18.6 Å². The van der Waals surface area contributed by atoms with Gasteiger partial charge < -0.3 is 10.1 Å². The Balaban J connectivity index is 1.89. The van der Waals surface area contributed by atoms with E-state index in [0.29, 0.717) is 0 Å². The highest BCUT2D eigenvalue weighted by atomic mass is 32.2. The molecule has 2 nitrogen and oxygen atoms in total. The molecule has 1 unspecified atom stereocenters. The van der Waals surface area contributed by atoms with Crippen LogP contribution in [0.1, 0.15) is 13.3 Å². The minimum Gasteiger partial charge on any atom is -0.374 e. The average Bonchev–Trinajstić information content (AvgIpc) is 2.76. The molecular formula is C8H17NOS. The van der Waals surface area contributed by atoms with Crippen LogP contribution in [0.15, 0.2) is 0 Å². The molecule has 0 bridgehead atoms. The maximum atomic E-state index is 4.99. The molecule has 0 heterocycles. The molecule has 0 amide bonds. The third kappa shape index (κ3) is 3.45. The average molecular weight is 175 g/mol. The molecule has 66 valence electrons. The Morgan fingerprint density at radius 2 is 2.45 bits per heavy atom. The van der Waals surface area contributed by atoms with Gasteiger partial charge in [0, 0.05) is 12.4 Å². The Hall–Kier alpha value is 0.270. The maximum Gasteiger partial charge on any atom is 0.0919 e. The summed E-state index contributed by atoms with van der Waals surface area (Å²) in [5, 5.41) is 4.23. The zero-order valence-electron chi connectivity index (χ0n) is 7.30. The Morgan fingerprint density at radius 1 is 1.64 bits per heavy atom. The summed E-state index contributed by atoms with van der Waals surface area (Å²) in [4.78, 5) is 0. The van der Waals surface area contributed by atoms with Crippen LogP contribution in [-0.2, 0) is 4.74 Å². The molecule has 1 aliphatic carbocycles. The molecule has 1 rings (SSSR count). The minimum absolute atomic E-state index is 0.854. The third-order valence-corrected chi connectivity index (χ3v) is 3.29. The normalized spacial score (nSPS) is 28.9. The summed E-state index contributed by atoms with van der Waals surface area (Å²) < 4.78 is 4.99. The number of nitrogens with one attached hydrogen (secondary N) is 1. The lowest BCUT2D eigenvalue weighted by Gasteiger charge is -1.99. The van der Waals surface area contributed by atoms with Gasteiger partial charge in [-0.3, -0.25) is 0 Å². The molecule has 0 aromatic carbocycles. The van der Waals surface area contributed by atoms with Crippen LogP contribution in [0, 0.1) is 5.92 Å². The minimum atomic E-state index is 0.854. The Kier molecular flexibility index (Phi) is 4.26. The quantitative estimate of drug-likeness (QED) is 0.615. The summed E-state index contributed by atoms with van der Waals surface area (Å²) in [6, 6.07) is 0. The first-order valence-corrected chi connectivity index (χ1v) is 5.24. The number of hydrogen-bond acceptors (Lipinski definition) is 3. The van der Waals surface area contributed by atoms with Crippen LogP contribution >= 0.6 is 11.8 Å². The molecular weight excluding hydrogens is 158 g/mol. The molecule has 3 heteroatoms. The SMILES string of the molecule is CCNC[C@H]1CC1SCOC. The molecule has 1 aliphatic rings. The fourth-order valence-electron chi connectivity index (χ4n) is 1.12. The highest BCUT2D eigenvalue weighted by molar-refractivity contribution is 8.00. The van der Waals surface area contributed by atoms with Crippen LogP contribution in [-0.4, -0.2) is 31.4 Å². The van der Waals surface area contributed by atoms with Crippen molar-refractivity contribution in [1.82, 2.24) is 5.32 Å². The van der Waals surface area contributed by atoms with Gasteiger partial charge in [0.15, 0.2) is 0 Å². The lowest BCUT2D eigenvalue weighted by atomic mass is 10.4. The van der Waals surface area contributed by atoms with E-state index < -0.39 is 0 Å². The van der Waals surface area contributed by atoms with Gasteiger partial charge in [-0.2, -0.15) is 0 Å². The monoisotopic (exact) mass is 175 g/mol. The number of rotatable bonds is 6. The second-order valence-corrected chi connectivity index (χ2v) is 4.09. The number of methoxy groups -OCH3 is 1. The zero-order valence-corrected chi connectivity index (χ0v) is 8.12. The van der Waals surface area contributed by atoms with Crippen molar-refractivity contribution < 1.29 is 4.74 Å². The first-order chi connectivity index (χ1) is 5.38. The molecule has 1 fully saturated rings. The largest absolute Gasteiger partial charge is 0.374 e. The van der Waals surface area contributed by atoms with E-state index in [4.69, 9.17) is 4.74 Å². The van der Waals surface area contributed by atoms with Crippen LogP contribution in [0.5, 0.6) is 0 Å². The van der Waals surface area contributed by atoms with Crippen LogP contribution in [0.4, 0.5) is 0 Å². The summed E-state index contributed by atoms with van der Waals surface area (Å²) >= 11 is 1.94. The summed E-state index contributed by atoms with van der Waals surface area (Å²) in [5.41, 5.74) is 0. The van der Waals surface area contributed by atoms with E-state index >= 15 is 0 Å². The fraction of sp³-hybridized carbons (Fsp3) is 1.00. The first-order valence-electron chi connectivity index (χ1n) is 4.19. The van der Waals surface area contributed by atoms with Crippen LogP contribution < -0.4 is 5.32 Å². The van der Waals surface area contributed by atoms with E-state index in [1.54, 1.807) is 7.11 Å². The summed E-state index contributed by atoms with van der Waals surface area (Å²) in [6.45, 7) is 4.44. The second-order valence-electron chi connectivity index (χ2n) is 2.92. The molecule has 1 N–H and O–H groups in total. The molecule has 0 spiro atoms. The van der Waals surface area contributed by atoms with Crippen molar-refractivity contribution in [2.24, 2.45) is 5.92 Å². The second kappa shape index (κ2) is 5.01. The van der Waals surface area contributed by atoms with Crippen molar-refractivity contribution in [2.75, 3.05) is 26.1 Å². The third-order valence-electron chi connectivity index (χ3n) is 1.91. The summed E-state index contributed by atoms with van der Waals surface area (Å²) in [5.74, 6) is 1.77. The fourth-order valence-corrected chi connectivity index (χ4v) is 2.19. The Labute approximate surface area is 73.1 Å². The summed E-state index contributed by atoms with van der Waals surface area (Å²) in [7, 11) is 1.76. The van der Waals surface area contributed by atoms with Gasteiger partial charge >= 0.3 is 0 Å². The number of ether oxygens (including phenoxy) is 1. The predicted molar refractivity (Wildman–Crippen MR) is 49.9 cm³/mol. The van der Waals surface area contributed by atoms with E-state index in [0.717, 1.165) is 23.7 Å².